The van der Waals surface area contributed by atoms with Gasteiger partial charge in [0.05, 0.1) is 5.92 Å². The van der Waals surface area contributed by atoms with E-state index >= 15 is 0 Å². The van der Waals surface area contributed by atoms with Gasteiger partial charge in [0.15, 0.2) is 17.1 Å². The number of carbonyl (C=O) groups is 1. The van der Waals surface area contributed by atoms with Gasteiger partial charge in [0, 0.05) is 16.9 Å². The first kappa shape index (κ1) is 17.6. The number of fused-ring (bicyclic) bond motifs is 4. The molecule has 4 aliphatic rings. The first-order valence-electron chi connectivity index (χ1n) is 9.35. The van der Waals surface area contributed by atoms with Crippen LogP contribution in [-0.2, 0) is 4.79 Å². The number of phenolic OH excluding ortho intramolecular Hbond substituents is 3. The van der Waals surface area contributed by atoms with Gasteiger partial charge in [-0.15, -0.1) is 0 Å². The molecule has 1 saturated carbocycles. The molecule has 5 rings (SSSR count). The molecule has 0 amide bonds. The molecule has 29 heavy (non-hydrogen) atoms. The van der Waals surface area contributed by atoms with Crippen molar-refractivity contribution in [3.8, 4) is 28.6 Å². The molecule has 1 fully saturated rings. The minimum absolute atomic E-state index is 0.0556. The molecule has 0 spiro atoms. The highest BCUT2D eigenvalue weighted by molar-refractivity contribution is 5.95. The maximum Gasteiger partial charge on any atom is 0.307 e. The van der Waals surface area contributed by atoms with Crippen molar-refractivity contribution in [2.75, 3.05) is 0 Å². The zero-order valence-corrected chi connectivity index (χ0v) is 15.4. The monoisotopic (exact) mass is 394 g/mol. The fraction of sp³-hybridized carbons (Fsp3) is 0.273. The quantitative estimate of drug-likeness (QED) is 0.298. The van der Waals surface area contributed by atoms with Gasteiger partial charge >= 0.3 is 5.97 Å². The van der Waals surface area contributed by atoms with E-state index in [2.05, 4.69) is 0 Å². The van der Waals surface area contributed by atoms with Crippen molar-refractivity contribution in [1.82, 2.24) is 0 Å². The summed E-state index contributed by atoms with van der Waals surface area (Å²) in [7, 11) is 0. The van der Waals surface area contributed by atoms with Crippen LogP contribution in [0.4, 0.5) is 0 Å². The molecule has 0 saturated heterocycles. The standard InChI is InChI=1S/C22H18O7/c1-8-9-2-3-10(8)17(22(27)28)16(9)15-11-4-6-13(23)18(25)20(11)29-21-12(15)5-7-14(24)19(21)26/h2-10,16-17,23,25-26H,1H3,(H,27,28)/t8-,9+,10+,16+,17+/m1/s1. The molecule has 2 bridgehead atoms. The second-order valence-corrected chi connectivity index (χ2v) is 7.90. The maximum atomic E-state index is 12.2. The van der Waals surface area contributed by atoms with Gasteiger partial charge in [-0.1, -0.05) is 19.1 Å². The summed E-state index contributed by atoms with van der Waals surface area (Å²) in [5.41, 5.74) is 0.256. The third kappa shape index (κ3) is 2.18. The normalized spacial score (nSPS) is 27.8. The zero-order chi connectivity index (χ0) is 20.6. The number of phenols is 3. The third-order valence-electron chi connectivity index (χ3n) is 6.59. The van der Waals surface area contributed by atoms with Crippen LogP contribution in [0.2, 0.25) is 0 Å². The summed E-state index contributed by atoms with van der Waals surface area (Å²) in [5.74, 6) is -3.84. The summed E-state index contributed by atoms with van der Waals surface area (Å²) in [6, 6.07) is 5.60. The number of allylic oxidation sites excluding steroid dienone is 2. The number of aliphatic carboxylic acids is 1. The number of hydrogen-bond acceptors (Lipinski definition) is 6. The Kier molecular flexibility index (Phi) is 3.50. The molecular weight excluding hydrogens is 376 g/mol. The number of rotatable bonds is 2. The van der Waals surface area contributed by atoms with Crippen LogP contribution in [-0.4, -0.2) is 26.4 Å². The largest absolute Gasteiger partial charge is 0.504 e. The average Bonchev–Trinajstić information content (AvgIpc) is 3.19. The van der Waals surface area contributed by atoms with E-state index in [-0.39, 0.29) is 29.1 Å². The number of benzene rings is 2. The highest BCUT2D eigenvalue weighted by Gasteiger charge is 2.54. The lowest BCUT2D eigenvalue weighted by Crippen LogP contribution is -2.26. The summed E-state index contributed by atoms with van der Waals surface area (Å²) >= 11 is 0. The molecule has 7 heteroatoms. The van der Waals surface area contributed by atoms with Gasteiger partial charge < -0.3 is 24.8 Å². The Balaban J connectivity index is 1.93. The highest BCUT2D eigenvalue weighted by atomic mass is 16.4. The van der Waals surface area contributed by atoms with Crippen molar-refractivity contribution in [2.45, 2.75) is 12.8 Å². The third-order valence-corrected chi connectivity index (χ3v) is 6.59. The summed E-state index contributed by atoms with van der Waals surface area (Å²) in [6.07, 6.45) is 3.96. The Hall–Kier alpha value is -3.48. The van der Waals surface area contributed by atoms with E-state index in [1.165, 1.54) is 18.2 Å². The lowest BCUT2D eigenvalue weighted by atomic mass is 9.75. The van der Waals surface area contributed by atoms with Gasteiger partial charge in [-0.05, 0) is 47.6 Å². The van der Waals surface area contributed by atoms with Crippen molar-refractivity contribution >= 4 is 16.9 Å². The predicted molar refractivity (Wildman–Crippen MR) is 103 cm³/mol. The van der Waals surface area contributed by atoms with Crippen molar-refractivity contribution < 1.29 is 29.6 Å². The topological polar surface area (TPSA) is 128 Å². The summed E-state index contributed by atoms with van der Waals surface area (Å²) in [6.45, 7) is 2.01. The summed E-state index contributed by atoms with van der Waals surface area (Å²) in [4.78, 5) is 24.2. The predicted octanol–water partition coefficient (Wildman–Crippen LogP) is 3.25. The molecule has 5 atom stereocenters. The number of aromatic hydroxyl groups is 3. The molecule has 1 aliphatic heterocycles. The van der Waals surface area contributed by atoms with Gasteiger partial charge in [0.2, 0.25) is 16.9 Å². The van der Waals surface area contributed by atoms with E-state index in [1.807, 2.05) is 19.1 Å². The van der Waals surface area contributed by atoms with Crippen LogP contribution < -0.4 is 5.43 Å². The van der Waals surface area contributed by atoms with Crippen LogP contribution in [0.25, 0.3) is 22.3 Å². The van der Waals surface area contributed by atoms with E-state index in [9.17, 15) is 30.0 Å². The second-order valence-electron chi connectivity index (χ2n) is 7.90. The number of carboxylic acids is 1. The van der Waals surface area contributed by atoms with Gasteiger partial charge in [-0.25, -0.2) is 0 Å². The van der Waals surface area contributed by atoms with Crippen LogP contribution in [0.1, 0.15) is 18.4 Å². The Morgan fingerprint density at radius 2 is 1.72 bits per heavy atom. The number of hydrogen-bond donors (Lipinski definition) is 4. The van der Waals surface area contributed by atoms with E-state index in [0.717, 1.165) is 0 Å². The van der Waals surface area contributed by atoms with E-state index in [1.54, 1.807) is 6.07 Å². The smallest absolute Gasteiger partial charge is 0.307 e. The molecule has 1 aromatic rings. The van der Waals surface area contributed by atoms with Gasteiger partial charge in [0.25, 0.3) is 0 Å². The second kappa shape index (κ2) is 5.76. The highest BCUT2D eigenvalue weighted by Crippen LogP contribution is 2.59. The maximum absolute atomic E-state index is 12.2. The summed E-state index contributed by atoms with van der Waals surface area (Å²) in [5, 5.41) is 41.0. The van der Waals surface area contributed by atoms with Gasteiger partial charge in [-0.2, -0.15) is 0 Å². The Morgan fingerprint density at radius 1 is 1.00 bits per heavy atom. The minimum Gasteiger partial charge on any atom is -0.504 e. The molecular formula is C22H18O7. The molecule has 148 valence electrons. The molecule has 1 aromatic carbocycles. The average molecular weight is 394 g/mol. The van der Waals surface area contributed by atoms with Crippen molar-refractivity contribution in [3.63, 3.8) is 0 Å². The fourth-order valence-corrected chi connectivity index (χ4v) is 5.28. The minimum atomic E-state index is -0.923. The van der Waals surface area contributed by atoms with Crippen LogP contribution in [0.15, 0.2) is 45.6 Å². The summed E-state index contributed by atoms with van der Waals surface area (Å²) < 4.78 is 5.65. The van der Waals surface area contributed by atoms with Crippen LogP contribution in [0.3, 0.4) is 0 Å². The first-order valence-corrected chi connectivity index (χ1v) is 9.35. The van der Waals surface area contributed by atoms with Crippen molar-refractivity contribution in [1.29, 1.82) is 0 Å². The van der Waals surface area contributed by atoms with Crippen molar-refractivity contribution in [2.24, 2.45) is 23.7 Å². The van der Waals surface area contributed by atoms with E-state index in [4.69, 9.17) is 4.42 Å². The Labute approximate surface area is 164 Å². The lowest BCUT2D eigenvalue weighted by molar-refractivity contribution is -0.143. The molecule has 0 aromatic heterocycles. The Bertz CT molecular complexity index is 1240. The molecule has 3 aliphatic carbocycles. The fourth-order valence-electron chi connectivity index (χ4n) is 5.28. The molecule has 4 N–H and O–H groups in total. The molecule has 7 nitrogen and oxygen atoms in total. The van der Waals surface area contributed by atoms with E-state index < -0.39 is 40.5 Å². The van der Waals surface area contributed by atoms with Gasteiger partial charge in [0.1, 0.15) is 0 Å². The zero-order valence-electron chi connectivity index (χ0n) is 15.4. The number of carboxylic acid groups (broad SMARTS) is 1. The van der Waals surface area contributed by atoms with Crippen molar-refractivity contribution in [3.05, 3.63) is 52.2 Å². The van der Waals surface area contributed by atoms with Gasteiger partial charge in [-0.3, -0.25) is 9.59 Å². The van der Waals surface area contributed by atoms with Crippen LogP contribution >= 0.6 is 0 Å². The van der Waals surface area contributed by atoms with Crippen LogP contribution in [0, 0.1) is 23.7 Å². The van der Waals surface area contributed by atoms with Crippen LogP contribution in [0.5, 0.6) is 17.2 Å². The lowest BCUT2D eigenvalue weighted by Gasteiger charge is -2.29. The van der Waals surface area contributed by atoms with E-state index in [0.29, 0.717) is 16.5 Å². The first-order chi connectivity index (χ1) is 13.8. The molecule has 0 unspecified atom stereocenters. The SMILES string of the molecule is C[C@H]1[C@@H]2C=C[C@@H]1[C@@H](c1c3ccc(=O)c(O)c-3oc3c(O)c(O)ccc13)[C@H]2C(=O)O. The Morgan fingerprint density at radius 3 is 2.45 bits per heavy atom. The molecule has 1 heterocycles. The molecule has 0 radical (unpaired) electrons.